The highest BCUT2D eigenvalue weighted by Gasteiger charge is 2.16. The highest BCUT2D eigenvalue weighted by molar-refractivity contribution is 4.66. The van der Waals surface area contributed by atoms with E-state index < -0.39 is 0 Å². The minimum atomic E-state index is 0.460. The van der Waals surface area contributed by atoms with E-state index in [-0.39, 0.29) is 0 Å². The molecule has 0 saturated heterocycles. The lowest BCUT2D eigenvalue weighted by atomic mass is 9.92. The summed E-state index contributed by atoms with van der Waals surface area (Å²) in [6.07, 6.45) is 9.64. The van der Waals surface area contributed by atoms with Crippen LogP contribution < -0.4 is 0 Å². The van der Waals surface area contributed by atoms with Gasteiger partial charge in [0.2, 0.25) is 0 Å². The smallest absolute Gasteiger partial charge is 0.0575 e. The second-order valence-corrected chi connectivity index (χ2v) is 4.62. The average Bonchev–Trinajstić information content (AvgIpc) is 2.25. The largest absolute Gasteiger partial charge is 0.378 e. The third-order valence-electron chi connectivity index (χ3n) is 3.09. The Balaban J connectivity index is 3.77. The van der Waals surface area contributed by atoms with Crippen LogP contribution in [0.25, 0.3) is 0 Å². The van der Waals surface area contributed by atoms with Crippen LogP contribution in [0.15, 0.2) is 0 Å². The zero-order valence-corrected chi connectivity index (χ0v) is 11.2. The third-order valence-corrected chi connectivity index (χ3v) is 3.09. The van der Waals surface area contributed by atoms with Crippen molar-refractivity contribution in [1.82, 2.24) is 0 Å². The molecule has 1 heteroatoms. The van der Waals surface area contributed by atoms with Gasteiger partial charge in [-0.3, -0.25) is 0 Å². The zero-order valence-electron chi connectivity index (χ0n) is 11.2. The van der Waals surface area contributed by atoms with Gasteiger partial charge in [0, 0.05) is 6.61 Å². The molecule has 0 fully saturated rings. The Morgan fingerprint density at radius 3 is 2.13 bits per heavy atom. The number of unbranched alkanes of at least 4 members (excludes halogenated alkanes) is 2. The lowest BCUT2D eigenvalue weighted by molar-refractivity contribution is 0.0186. The molecule has 0 spiro atoms. The maximum Gasteiger partial charge on any atom is 0.0575 e. The third kappa shape index (κ3) is 7.84. The molecule has 0 saturated carbocycles. The van der Waals surface area contributed by atoms with Crippen LogP contribution in [0.4, 0.5) is 0 Å². The van der Waals surface area contributed by atoms with E-state index in [2.05, 4.69) is 27.7 Å². The summed E-state index contributed by atoms with van der Waals surface area (Å²) in [5, 5.41) is 0. The van der Waals surface area contributed by atoms with Gasteiger partial charge in [0.15, 0.2) is 0 Å². The standard InChI is InChI=1S/C14H30O/c1-5-8-9-11-14(10-6-2)13(4)15-12-7-3/h13-14H,5-12H2,1-4H3. The van der Waals surface area contributed by atoms with E-state index in [0.717, 1.165) is 18.9 Å². The van der Waals surface area contributed by atoms with E-state index in [1.165, 1.54) is 38.5 Å². The van der Waals surface area contributed by atoms with E-state index in [9.17, 15) is 0 Å². The Kier molecular flexibility index (Phi) is 10.4. The Morgan fingerprint density at radius 1 is 0.867 bits per heavy atom. The fourth-order valence-electron chi connectivity index (χ4n) is 2.08. The summed E-state index contributed by atoms with van der Waals surface area (Å²) in [6.45, 7) is 9.90. The molecule has 0 heterocycles. The van der Waals surface area contributed by atoms with Gasteiger partial charge in [0.05, 0.1) is 6.10 Å². The van der Waals surface area contributed by atoms with Crippen molar-refractivity contribution in [3.05, 3.63) is 0 Å². The quantitative estimate of drug-likeness (QED) is 0.475. The van der Waals surface area contributed by atoms with E-state index in [1.54, 1.807) is 0 Å². The van der Waals surface area contributed by atoms with Crippen molar-refractivity contribution in [2.75, 3.05) is 6.61 Å². The lowest BCUT2D eigenvalue weighted by Gasteiger charge is -2.23. The molecule has 0 aromatic heterocycles. The van der Waals surface area contributed by atoms with Gasteiger partial charge in [-0.25, -0.2) is 0 Å². The van der Waals surface area contributed by atoms with Crippen LogP contribution >= 0.6 is 0 Å². The first kappa shape index (κ1) is 15.0. The molecule has 15 heavy (non-hydrogen) atoms. The van der Waals surface area contributed by atoms with Crippen molar-refractivity contribution in [1.29, 1.82) is 0 Å². The Labute approximate surface area is 96.6 Å². The molecule has 0 aromatic carbocycles. The molecule has 92 valence electrons. The van der Waals surface area contributed by atoms with Crippen molar-refractivity contribution in [3.8, 4) is 0 Å². The Bertz CT molecular complexity index is 123. The maximum atomic E-state index is 5.84. The zero-order chi connectivity index (χ0) is 11.5. The van der Waals surface area contributed by atoms with Gasteiger partial charge in [-0.2, -0.15) is 0 Å². The first-order valence-electron chi connectivity index (χ1n) is 6.87. The fourth-order valence-corrected chi connectivity index (χ4v) is 2.08. The van der Waals surface area contributed by atoms with Gasteiger partial charge in [-0.15, -0.1) is 0 Å². The Hall–Kier alpha value is -0.0400. The van der Waals surface area contributed by atoms with Crippen molar-refractivity contribution < 1.29 is 4.74 Å². The van der Waals surface area contributed by atoms with E-state index in [0.29, 0.717) is 6.10 Å². The molecule has 0 aliphatic carbocycles. The molecule has 0 radical (unpaired) electrons. The van der Waals surface area contributed by atoms with E-state index in [4.69, 9.17) is 4.74 Å². The monoisotopic (exact) mass is 214 g/mol. The average molecular weight is 214 g/mol. The predicted octanol–water partition coefficient (Wildman–Crippen LogP) is 4.80. The molecule has 1 nitrogen and oxygen atoms in total. The van der Waals surface area contributed by atoms with Crippen molar-refractivity contribution in [3.63, 3.8) is 0 Å². The number of rotatable bonds is 10. The number of hydrogen-bond donors (Lipinski definition) is 0. The van der Waals surface area contributed by atoms with E-state index >= 15 is 0 Å². The normalized spacial score (nSPS) is 15.2. The molecule has 0 N–H and O–H groups in total. The van der Waals surface area contributed by atoms with Gasteiger partial charge < -0.3 is 4.74 Å². The van der Waals surface area contributed by atoms with Gasteiger partial charge >= 0.3 is 0 Å². The lowest BCUT2D eigenvalue weighted by Crippen LogP contribution is -2.21. The van der Waals surface area contributed by atoms with Crippen LogP contribution in [-0.4, -0.2) is 12.7 Å². The molecular weight excluding hydrogens is 184 g/mol. The van der Waals surface area contributed by atoms with Gasteiger partial charge in [-0.05, 0) is 32.1 Å². The SMILES string of the molecule is CCCCCC(CCC)C(C)OCCC. The topological polar surface area (TPSA) is 9.23 Å². The van der Waals surface area contributed by atoms with Crippen LogP contribution in [-0.2, 0) is 4.74 Å². The van der Waals surface area contributed by atoms with Crippen molar-refractivity contribution in [2.45, 2.75) is 78.7 Å². The second-order valence-electron chi connectivity index (χ2n) is 4.62. The minimum Gasteiger partial charge on any atom is -0.378 e. The summed E-state index contributed by atoms with van der Waals surface area (Å²) in [4.78, 5) is 0. The van der Waals surface area contributed by atoms with Gasteiger partial charge in [0.1, 0.15) is 0 Å². The summed E-state index contributed by atoms with van der Waals surface area (Å²) >= 11 is 0. The highest BCUT2D eigenvalue weighted by atomic mass is 16.5. The van der Waals surface area contributed by atoms with Gasteiger partial charge in [-0.1, -0.05) is 46.5 Å². The van der Waals surface area contributed by atoms with Crippen molar-refractivity contribution in [2.24, 2.45) is 5.92 Å². The molecule has 0 aliphatic rings. The van der Waals surface area contributed by atoms with E-state index in [1.807, 2.05) is 0 Å². The molecule has 0 rings (SSSR count). The number of ether oxygens (including phenoxy) is 1. The van der Waals surface area contributed by atoms with Gasteiger partial charge in [0.25, 0.3) is 0 Å². The summed E-state index contributed by atoms with van der Waals surface area (Å²) in [5.74, 6) is 0.785. The molecule has 0 bridgehead atoms. The fraction of sp³-hybridized carbons (Fsp3) is 1.00. The Morgan fingerprint density at radius 2 is 1.60 bits per heavy atom. The minimum absolute atomic E-state index is 0.460. The summed E-state index contributed by atoms with van der Waals surface area (Å²) in [6, 6.07) is 0. The first-order chi connectivity index (χ1) is 7.26. The van der Waals surface area contributed by atoms with Crippen LogP contribution in [0.2, 0.25) is 0 Å². The predicted molar refractivity (Wildman–Crippen MR) is 68.2 cm³/mol. The van der Waals surface area contributed by atoms with Crippen LogP contribution in [0.5, 0.6) is 0 Å². The second kappa shape index (κ2) is 10.5. The summed E-state index contributed by atoms with van der Waals surface area (Å²) in [7, 11) is 0. The number of hydrogen-bond acceptors (Lipinski definition) is 1. The molecule has 0 aromatic rings. The van der Waals surface area contributed by atoms with Crippen LogP contribution in [0.1, 0.15) is 72.6 Å². The first-order valence-corrected chi connectivity index (χ1v) is 6.87. The summed E-state index contributed by atoms with van der Waals surface area (Å²) in [5.41, 5.74) is 0. The molecule has 2 atom stereocenters. The molecule has 0 aliphatic heterocycles. The molecule has 2 unspecified atom stereocenters. The molecule has 0 amide bonds. The summed E-state index contributed by atoms with van der Waals surface area (Å²) < 4.78 is 5.84. The van der Waals surface area contributed by atoms with Crippen LogP contribution in [0.3, 0.4) is 0 Å². The van der Waals surface area contributed by atoms with Crippen LogP contribution in [0, 0.1) is 5.92 Å². The highest BCUT2D eigenvalue weighted by Crippen LogP contribution is 2.21. The van der Waals surface area contributed by atoms with Crippen molar-refractivity contribution >= 4 is 0 Å². The molecular formula is C14H30O. The maximum absolute atomic E-state index is 5.84.